The second kappa shape index (κ2) is 4.45. The molecule has 2 aliphatic rings. The molecule has 0 aromatic heterocycles. The van der Waals surface area contributed by atoms with E-state index in [2.05, 4.69) is 6.07 Å². The molecule has 0 saturated carbocycles. The standard InChI is InChI=1S/C15H16N2O/c16-9-11-5-7-13-8-6-12-3-1-2-4-14(12)15(18)17(13)10-11/h1-4,11,13H,5-8,10H2/t11-,13+/m1/s1. The van der Waals surface area contributed by atoms with Crippen LogP contribution in [0.1, 0.15) is 35.2 Å². The number of aryl methyl sites for hydroxylation is 1. The van der Waals surface area contributed by atoms with Gasteiger partial charge in [0.1, 0.15) is 0 Å². The molecule has 3 heteroatoms. The molecule has 2 aliphatic heterocycles. The Morgan fingerprint density at radius 2 is 2.06 bits per heavy atom. The van der Waals surface area contributed by atoms with Gasteiger partial charge >= 0.3 is 0 Å². The molecule has 1 aromatic carbocycles. The van der Waals surface area contributed by atoms with Gasteiger partial charge in [0.15, 0.2) is 0 Å². The molecule has 2 heterocycles. The average Bonchev–Trinajstić information content (AvgIpc) is 2.57. The van der Waals surface area contributed by atoms with Crippen molar-refractivity contribution in [3.8, 4) is 6.07 Å². The maximum absolute atomic E-state index is 12.5. The predicted octanol–water partition coefficient (Wildman–Crippen LogP) is 2.38. The summed E-state index contributed by atoms with van der Waals surface area (Å²) in [6, 6.07) is 10.5. The van der Waals surface area contributed by atoms with Crippen LogP contribution in [0.25, 0.3) is 0 Å². The fourth-order valence-corrected chi connectivity index (χ4v) is 3.11. The molecule has 3 nitrogen and oxygen atoms in total. The lowest BCUT2D eigenvalue weighted by Gasteiger charge is -2.36. The first kappa shape index (κ1) is 11.3. The summed E-state index contributed by atoms with van der Waals surface area (Å²) < 4.78 is 0. The third-order valence-electron chi connectivity index (χ3n) is 4.14. The van der Waals surface area contributed by atoms with Crippen molar-refractivity contribution in [2.75, 3.05) is 6.54 Å². The van der Waals surface area contributed by atoms with Gasteiger partial charge in [0.25, 0.3) is 5.91 Å². The molecule has 1 fully saturated rings. The lowest BCUT2D eigenvalue weighted by molar-refractivity contribution is 0.0574. The van der Waals surface area contributed by atoms with Crippen molar-refractivity contribution in [2.45, 2.75) is 31.7 Å². The second-order valence-electron chi connectivity index (χ2n) is 5.21. The number of piperidine rings is 1. The molecule has 0 bridgehead atoms. The van der Waals surface area contributed by atoms with Crippen LogP contribution in [0.2, 0.25) is 0 Å². The first-order valence-corrected chi connectivity index (χ1v) is 6.58. The van der Waals surface area contributed by atoms with Gasteiger partial charge in [0.2, 0.25) is 0 Å². The third kappa shape index (κ3) is 1.78. The summed E-state index contributed by atoms with van der Waals surface area (Å²) in [5.41, 5.74) is 1.99. The van der Waals surface area contributed by atoms with Crippen LogP contribution in [0.5, 0.6) is 0 Å². The van der Waals surface area contributed by atoms with Crippen LogP contribution in [0.4, 0.5) is 0 Å². The molecule has 18 heavy (non-hydrogen) atoms. The van der Waals surface area contributed by atoms with Gasteiger partial charge in [-0.1, -0.05) is 18.2 Å². The van der Waals surface area contributed by atoms with Gasteiger partial charge in [-0.2, -0.15) is 5.26 Å². The Bertz CT molecular complexity index is 517. The largest absolute Gasteiger partial charge is 0.334 e. The first-order chi connectivity index (χ1) is 8.79. The van der Waals surface area contributed by atoms with Crippen LogP contribution < -0.4 is 0 Å². The van der Waals surface area contributed by atoms with E-state index in [4.69, 9.17) is 5.26 Å². The highest BCUT2D eigenvalue weighted by Crippen LogP contribution is 2.30. The lowest BCUT2D eigenvalue weighted by Crippen LogP contribution is -2.45. The predicted molar refractivity (Wildman–Crippen MR) is 67.9 cm³/mol. The van der Waals surface area contributed by atoms with Crippen molar-refractivity contribution in [1.82, 2.24) is 4.90 Å². The summed E-state index contributed by atoms with van der Waals surface area (Å²) in [6.07, 6.45) is 3.90. The molecule has 0 spiro atoms. The van der Waals surface area contributed by atoms with Gasteiger partial charge in [-0.3, -0.25) is 4.79 Å². The van der Waals surface area contributed by atoms with E-state index in [1.54, 1.807) is 0 Å². The van der Waals surface area contributed by atoms with E-state index in [9.17, 15) is 4.79 Å². The number of amides is 1. The number of carbonyl (C=O) groups excluding carboxylic acids is 1. The SMILES string of the molecule is N#C[C@H]1CC[C@H]2CCc3ccccc3C(=O)N2C1. The third-order valence-corrected chi connectivity index (χ3v) is 4.14. The molecule has 92 valence electrons. The smallest absolute Gasteiger partial charge is 0.254 e. The summed E-state index contributed by atoms with van der Waals surface area (Å²) >= 11 is 0. The minimum atomic E-state index is 0.00969. The molecule has 2 atom stereocenters. The summed E-state index contributed by atoms with van der Waals surface area (Å²) in [7, 11) is 0. The van der Waals surface area contributed by atoms with Crippen molar-refractivity contribution in [3.63, 3.8) is 0 Å². The first-order valence-electron chi connectivity index (χ1n) is 6.58. The molecule has 0 unspecified atom stereocenters. The molecule has 0 radical (unpaired) electrons. The highest BCUT2D eigenvalue weighted by Gasteiger charge is 2.34. The van der Waals surface area contributed by atoms with E-state index in [1.807, 2.05) is 29.2 Å². The van der Waals surface area contributed by atoms with E-state index in [0.29, 0.717) is 12.6 Å². The van der Waals surface area contributed by atoms with Crippen LogP contribution in [0, 0.1) is 17.2 Å². The van der Waals surface area contributed by atoms with Crippen molar-refractivity contribution < 1.29 is 4.79 Å². The van der Waals surface area contributed by atoms with Crippen LogP contribution in [0.3, 0.4) is 0 Å². The van der Waals surface area contributed by atoms with E-state index >= 15 is 0 Å². The number of nitriles is 1. The Morgan fingerprint density at radius 1 is 1.22 bits per heavy atom. The van der Waals surface area contributed by atoms with E-state index in [0.717, 1.165) is 36.8 Å². The lowest BCUT2D eigenvalue weighted by atomic mass is 9.92. The zero-order chi connectivity index (χ0) is 12.5. The van der Waals surface area contributed by atoms with Crippen molar-refractivity contribution in [1.29, 1.82) is 5.26 Å². The minimum Gasteiger partial charge on any atom is -0.334 e. The number of nitrogens with zero attached hydrogens (tertiary/aromatic N) is 2. The fraction of sp³-hybridized carbons (Fsp3) is 0.467. The number of carbonyl (C=O) groups is 1. The Balaban J connectivity index is 1.95. The zero-order valence-corrected chi connectivity index (χ0v) is 10.3. The van der Waals surface area contributed by atoms with Gasteiger partial charge in [0, 0.05) is 18.2 Å². The highest BCUT2D eigenvalue weighted by atomic mass is 16.2. The van der Waals surface area contributed by atoms with E-state index in [1.165, 1.54) is 0 Å². The van der Waals surface area contributed by atoms with Crippen LogP contribution in [-0.2, 0) is 6.42 Å². The molecular weight excluding hydrogens is 224 g/mol. The summed E-state index contributed by atoms with van der Waals surface area (Å²) in [5, 5.41) is 9.05. The topological polar surface area (TPSA) is 44.1 Å². The molecule has 1 amide bonds. The fourth-order valence-electron chi connectivity index (χ4n) is 3.11. The minimum absolute atomic E-state index is 0.00969. The number of rotatable bonds is 0. The Kier molecular flexibility index (Phi) is 2.79. The normalized spacial score (nSPS) is 26.8. The van der Waals surface area contributed by atoms with Gasteiger partial charge in [-0.05, 0) is 37.3 Å². The maximum Gasteiger partial charge on any atom is 0.254 e. The number of hydrogen-bond donors (Lipinski definition) is 0. The quantitative estimate of drug-likeness (QED) is 0.698. The van der Waals surface area contributed by atoms with Gasteiger partial charge < -0.3 is 4.90 Å². The average molecular weight is 240 g/mol. The Labute approximate surface area is 107 Å². The Morgan fingerprint density at radius 3 is 2.89 bits per heavy atom. The van der Waals surface area contributed by atoms with Gasteiger partial charge in [-0.15, -0.1) is 0 Å². The molecular formula is C15H16N2O. The van der Waals surface area contributed by atoms with Gasteiger partial charge in [0.05, 0.1) is 12.0 Å². The van der Waals surface area contributed by atoms with E-state index in [-0.39, 0.29) is 11.8 Å². The maximum atomic E-state index is 12.5. The summed E-state index contributed by atoms with van der Waals surface area (Å²) in [4.78, 5) is 14.5. The zero-order valence-electron chi connectivity index (χ0n) is 10.3. The number of hydrogen-bond acceptors (Lipinski definition) is 2. The summed E-state index contributed by atoms with van der Waals surface area (Å²) in [6.45, 7) is 0.605. The van der Waals surface area contributed by atoms with Crippen LogP contribution in [0.15, 0.2) is 24.3 Å². The second-order valence-corrected chi connectivity index (χ2v) is 5.21. The Hall–Kier alpha value is -1.82. The van der Waals surface area contributed by atoms with Crippen LogP contribution >= 0.6 is 0 Å². The number of fused-ring (bicyclic) bond motifs is 2. The molecule has 0 N–H and O–H groups in total. The monoisotopic (exact) mass is 240 g/mol. The van der Waals surface area contributed by atoms with Crippen molar-refractivity contribution in [2.24, 2.45) is 5.92 Å². The van der Waals surface area contributed by atoms with E-state index < -0.39 is 0 Å². The van der Waals surface area contributed by atoms with Crippen molar-refractivity contribution >= 4 is 5.91 Å². The highest BCUT2D eigenvalue weighted by molar-refractivity contribution is 5.96. The summed E-state index contributed by atoms with van der Waals surface area (Å²) in [5.74, 6) is 0.128. The van der Waals surface area contributed by atoms with Gasteiger partial charge in [-0.25, -0.2) is 0 Å². The van der Waals surface area contributed by atoms with Crippen molar-refractivity contribution in [3.05, 3.63) is 35.4 Å². The molecule has 1 saturated heterocycles. The molecule has 0 aliphatic carbocycles. The van der Waals surface area contributed by atoms with Crippen LogP contribution in [-0.4, -0.2) is 23.4 Å². The molecule has 1 aromatic rings. The molecule has 3 rings (SSSR count). The number of benzene rings is 1.